The highest BCUT2D eigenvalue weighted by molar-refractivity contribution is 5.91. The van der Waals surface area contributed by atoms with Gasteiger partial charge in [-0.2, -0.15) is 0 Å². The Morgan fingerprint density at radius 2 is 1.23 bits per heavy atom. The maximum Gasteiger partial charge on any atom is 0.331 e. The molecule has 0 spiro atoms. The van der Waals surface area contributed by atoms with E-state index in [0.717, 1.165) is 18.2 Å². The molecule has 0 aromatic carbocycles. The number of carbonyl (C=O) groups is 4. The highest BCUT2D eigenvalue weighted by atomic mass is 16.8. The molecule has 0 aliphatic carbocycles. The Kier molecular flexibility index (Phi) is 14.7. The second kappa shape index (κ2) is 15.9. The van der Waals surface area contributed by atoms with Crippen molar-refractivity contribution in [2.45, 2.75) is 51.5 Å². The van der Waals surface area contributed by atoms with Gasteiger partial charge in [-0.05, 0) is 27.7 Å². The van der Waals surface area contributed by atoms with Crippen molar-refractivity contribution in [3.8, 4) is 0 Å². The first kappa shape index (κ1) is 32.2. The van der Waals surface area contributed by atoms with Crippen LogP contribution in [0.2, 0.25) is 0 Å². The van der Waals surface area contributed by atoms with E-state index >= 15 is 0 Å². The molecule has 0 radical (unpaired) electrons. The third kappa shape index (κ3) is 16.4. The summed E-state index contributed by atoms with van der Waals surface area (Å²) in [5.41, 5.74) is 0. The molecule has 2 rings (SSSR count). The predicted octanol–water partition coefficient (Wildman–Crippen LogP) is 0.341. The largest absolute Gasteiger partial charge is 0.478 e. The first-order valence-corrected chi connectivity index (χ1v) is 10.4. The fourth-order valence-corrected chi connectivity index (χ4v) is 2.33. The summed E-state index contributed by atoms with van der Waals surface area (Å²) in [6, 6.07) is 0. The van der Waals surface area contributed by atoms with Crippen molar-refractivity contribution in [2.24, 2.45) is 0 Å². The molecule has 13 heteroatoms. The Morgan fingerprint density at radius 1 is 0.800 bits per heavy atom. The number of esters is 3. The third-order valence-electron chi connectivity index (χ3n) is 3.87. The fraction of sp³-hybridized carbons (Fsp3) is 0.636. The summed E-state index contributed by atoms with van der Waals surface area (Å²) < 4.78 is 34.4. The fourth-order valence-electron chi connectivity index (χ4n) is 2.33. The number of methoxy groups -OCH3 is 2. The molecule has 35 heavy (non-hydrogen) atoms. The van der Waals surface area contributed by atoms with Gasteiger partial charge in [0.1, 0.15) is 18.8 Å². The van der Waals surface area contributed by atoms with Gasteiger partial charge in [-0.15, -0.1) is 0 Å². The molecule has 0 aromatic rings. The number of rotatable bonds is 7. The molecule has 0 aromatic heterocycles. The number of carboxylic acids is 1. The zero-order valence-electron chi connectivity index (χ0n) is 20.7. The molecule has 2 aliphatic heterocycles. The van der Waals surface area contributed by atoms with E-state index in [1.807, 2.05) is 13.8 Å². The zero-order chi connectivity index (χ0) is 27.1. The van der Waals surface area contributed by atoms with Gasteiger partial charge in [0.25, 0.3) is 0 Å². The van der Waals surface area contributed by atoms with Crippen LogP contribution in [0.4, 0.5) is 0 Å². The van der Waals surface area contributed by atoms with E-state index in [-0.39, 0.29) is 25.4 Å². The summed E-state index contributed by atoms with van der Waals surface area (Å²) >= 11 is 0. The molecule has 2 saturated heterocycles. The van der Waals surface area contributed by atoms with Crippen LogP contribution in [-0.2, 0) is 52.3 Å². The summed E-state index contributed by atoms with van der Waals surface area (Å²) in [4.78, 5) is 41.7. The number of hydrogen-bond donors (Lipinski definition) is 2. The van der Waals surface area contributed by atoms with E-state index in [1.54, 1.807) is 13.8 Å². The van der Waals surface area contributed by atoms with Crippen LogP contribution in [0.15, 0.2) is 24.3 Å². The number of hydrogen-bond acceptors (Lipinski definition) is 12. The first-order chi connectivity index (χ1) is 16.2. The van der Waals surface area contributed by atoms with Crippen molar-refractivity contribution in [2.75, 3.05) is 40.6 Å². The number of aliphatic carboxylic acids is 1. The lowest BCUT2D eigenvalue weighted by atomic mass is 10.4. The van der Waals surface area contributed by atoms with E-state index in [1.165, 1.54) is 14.2 Å². The first-order valence-electron chi connectivity index (χ1n) is 10.4. The van der Waals surface area contributed by atoms with E-state index in [9.17, 15) is 19.2 Å². The Balaban J connectivity index is 0.000000543. The molecule has 13 nitrogen and oxygen atoms in total. The SMILES string of the molecule is CC1(C)OCC(CO)O1.COC(=O)/C=C/C(=O)O.COC(=O)/C=C/C(=O)OCC1COC(C)(C)O1. The highest BCUT2D eigenvalue weighted by Crippen LogP contribution is 2.22. The van der Waals surface area contributed by atoms with Crippen molar-refractivity contribution >= 4 is 23.9 Å². The molecular formula is C22H34O13. The minimum Gasteiger partial charge on any atom is -0.478 e. The standard InChI is InChI=1S/C11H16O6.C6H12O3.C5H6O4/c1-11(2)16-7-8(17-11)6-15-10(13)5-4-9(12)14-3;1-6(2)8-4-5(3-7)9-6;1-9-5(8)3-2-4(6)7/h4-5,8H,6-7H2,1-3H3;5,7H,3-4H2,1-2H3;2-3H,1H3,(H,6,7)/b5-4+;;3-2+. The number of carbonyl (C=O) groups excluding carboxylic acids is 3. The highest BCUT2D eigenvalue weighted by Gasteiger charge is 2.33. The van der Waals surface area contributed by atoms with Gasteiger partial charge in [-0.25, -0.2) is 19.2 Å². The molecule has 2 unspecified atom stereocenters. The Hall–Kier alpha value is -2.84. The average Bonchev–Trinajstić information content (AvgIpc) is 3.34. The molecule has 2 heterocycles. The van der Waals surface area contributed by atoms with Gasteiger partial charge in [-0.1, -0.05) is 0 Å². The number of aliphatic hydroxyl groups is 1. The van der Waals surface area contributed by atoms with Crippen molar-refractivity contribution in [1.82, 2.24) is 0 Å². The molecule has 2 aliphatic rings. The molecule has 0 saturated carbocycles. The van der Waals surface area contributed by atoms with Gasteiger partial charge >= 0.3 is 23.9 Å². The maximum absolute atomic E-state index is 11.2. The summed E-state index contributed by atoms with van der Waals surface area (Å²) in [7, 11) is 2.40. The van der Waals surface area contributed by atoms with Crippen LogP contribution in [0, 0.1) is 0 Å². The Labute approximate surface area is 203 Å². The maximum atomic E-state index is 11.2. The van der Waals surface area contributed by atoms with Crippen LogP contribution in [0.25, 0.3) is 0 Å². The second-order valence-corrected chi connectivity index (χ2v) is 7.77. The van der Waals surface area contributed by atoms with Gasteiger partial charge in [-0.3, -0.25) is 0 Å². The average molecular weight is 507 g/mol. The molecule has 200 valence electrons. The summed E-state index contributed by atoms with van der Waals surface area (Å²) in [5, 5.41) is 16.6. The van der Waals surface area contributed by atoms with Gasteiger partial charge in [0.05, 0.1) is 34.0 Å². The molecule has 2 atom stereocenters. The van der Waals surface area contributed by atoms with Crippen LogP contribution in [-0.4, -0.2) is 98.5 Å². The van der Waals surface area contributed by atoms with Crippen molar-refractivity contribution in [3.63, 3.8) is 0 Å². The summed E-state index contributed by atoms with van der Waals surface area (Å²) in [5.74, 6) is -4.20. The number of aliphatic hydroxyl groups excluding tert-OH is 1. The predicted molar refractivity (Wildman–Crippen MR) is 118 cm³/mol. The number of ether oxygens (including phenoxy) is 7. The van der Waals surface area contributed by atoms with E-state index < -0.39 is 35.5 Å². The zero-order valence-corrected chi connectivity index (χ0v) is 20.7. The van der Waals surface area contributed by atoms with Crippen LogP contribution in [0.1, 0.15) is 27.7 Å². The van der Waals surface area contributed by atoms with E-state index in [4.69, 9.17) is 33.9 Å². The number of carboxylic acid groups (broad SMARTS) is 1. The van der Waals surface area contributed by atoms with Gasteiger partial charge in [0.15, 0.2) is 11.6 Å². The van der Waals surface area contributed by atoms with Crippen molar-refractivity contribution in [1.29, 1.82) is 0 Å². The van der Waals surface area contributed by atoms with Crippen molar-refractivity contribution in [3.05, 3.63) is 24.3 Å². The molecule has 0 amide bonds. The minimum atomic E-state index is -1.17. The normalized spacial score (nSPS) is 21.9. The molecular weight excluding hydrogens is 472 g/mol. The Bertz CT molecular complexity index is 754. The minimum absolute atomic E-state index is 0.0451. The topological polar surface area (TPSA) is 173 Å². The quantitative estimate of drug-likeness (QED) is 0.275. The molecule has 0 bridgehead atoms. The van der Waals surface area contributed by atoms with Crippen molar-refractivity contribution < 1.29 is 62.5 Å². The summed E-state index contributed by atoms with van der Waals surface area (Å²) in [6.07, 6.45) is 3.15. The monoisotopic (exact) mass is 506 g/mol. The Morgan fingerprint density at radius 3 is 1.57 bits per heavy atom. The van der Waals surface area contributed by atoms with Crippen LogP contribution >= 0.6 is 0 Å². The lowest BCUT2D eigenvalue weighted by molar-refractivity contribution is -0.155. The summed E-state index contributed by atoms with van der Waals surface area (Å²) in [6.45, 7) is 8.25. The molecule has 2 fully saturated rings. The van der Waals surface area contributed by atoms with Crippen LogP contribution in [0.3, 0.4) is 0 Å². The van der Waals surface area contributed by atoms with Crippen LogP contribution in [0.5, 0.6) is 0 Å². The van der Waals surface area contributed by atoms with Crippen LogP contribution < -0.4 is 0 Å². The van der Waals surface area contributed by atoms with E-state index in [0.29, 0.717) is 19.3 Å². The lowest BCUT2D eigenvalue weighted by Crippen LogP contribution is -2.24. The van der Waals surface area contributed by atoms with Gasteiger partial charge in [0, 0.05) is 24.3 Å². The van der Waals surface area contributed by atoms with Gasteiger partial charge < -0.3 is 43.4 Å². The third-order valence-corrected chi connectivity index (χ3v) is 3.87. The van der Waals surface area contributed by atoms with E-state index in [2.05, 4.69) is 9.47 Å². The van der Waals surface area contributed by atoms with Gasteiger partial charge in [0.2, 0.25) is 0 Å². The lowest BCUT2D eigenvalue weighted by Gasteiger charge is -2.16. The molecule has 2 N–H and O–H groups in total. The second-order valence-electron chi connectivity index (χ2n) is 7.77. The smallest absolute Gasteiger partial charge is 0.331 e.